The second-order valence-corrected chi connectivity index (χ2v) is 17.0. The molecule has 54 heavy (non-hydrogen) atoms. The van der Waals surface area contributed by atoms with Crippen molar-refractivity contribution < 1.29 is 26.4 Å². The highest BCUT2D eigenvalue weighted by Crippen LogP contribution is 2.28. The number of aryl methyl sites for hydroxylation is 2. The first-order valence-electron chi connectivity index (χ1n) is 17.1. The Labute approximate surface area is 315 Å². The molecule has 0 saturated heterocycles. The lowest BCUT2D eigenvalue weighted by Gasteiger charge is -2.09. The highest BCUT2D eigenvalue weighted by atomic mass is 32.2. The second-order valence-electron chi connectivity index (χ2n) is 13.1. The van der Waals surface area contributed by atoms with Crippen LogP contribution in [-0.4, -0.2) is 28.4 Å². The molecule has 0 unspecified atom stereocenters. The molecular weight excluding hydrogens is 713 g/mol. The van der Waals surface area contributed by atoms with E-state index in [0.29, 0.717) is 22.3 Å². The van der Waals surface area contributed by atoms with Crippen molar-refractivity contribution in [3.63, 3.8) is 0 Å². The van der Waals surface area contributed by atoms with E-state index in [1.54, 1.807) is 146 Å². The summed E-state index contributed by atoms with van der Waals surface area (Å²) in [5, 5.41) is 0. The molecular formula is C46H34O6S2. The fourth-order valence-corrected chi connectivity index (χ4v) is 8.65. The Morgan fingerprint density at radius 2 is 0.593 bits per heavy atom. The molecule has 0 saturated carbocycles. The van der Waals surface area contributed by atoms with Crippen LogP contribution in [-0.2, 0) is 19.7 Å². The Bertz CT molecular complexity index is 2530. The molecule has 7 aromatic carbocycles. The SMILES string of the molecule is Cc1ccc(S(=O)(=O)c2ccc(-c3ccc(C(=O)c4cccc(C(=O)c5ccc(-c6ccc(S(=O)(=O)c7ccc(C)cc7)cc6)cc5)c4)cc3)cc2)cc1. The summed E-state index contributed by atoms with van der Waals surface area (Å²) in [5.41, 5.74) is 6.85. The van der Waals surface area contributed by atoms with Crippen molar-refractivity contribution in [3.05, 3.63) is 203 Å². The zero-order valence-corrected chi connectivity index (χ0v) is 31.1. The van der Waals surface area contributed by atoms with Crippen LogP contribution in [0, 0.1) is 13.8 Å². The molecule has 8 heteroatoms. The van der Waals surface area contributed by atoms with Crippen molar-refractivity contribution in [2.75, 3.05) is 0 Å². The van der Waals surface area contributed by atoms with Crippen LogP contribution in [0.25, 0.3) is 22.3 Å². The van der Waals surface area contributed by atoms with Crippen LogP contribution in [0.3, 0.4) is 0 Å². The Hall–Kier alpha value is -6.22. The summed E-state index contributed by atoms with van der Waals surface area (Å²) in [5.74, 6) is -0.474. The fraction of sp³-hybridized carbons (Fsp3) is 0.0435. The van der Waals surface area contributed by atoms with Crippen molar-refractivity contribution in [1.29, 1.82) is 0 Å². The van der Waals surface area contributed by atoms with E-state index in [0.717, 1.165) is 33.4 Å². The van der Waals surface area contributed by atoms with Crippen LogP contribution >= 0.6 is 0 Å². The standard InChI is InChI=1S/C46H34O6S2/c1-31-6-22-41(23-7-31)53(49,50)43-26-18-35(19-27-43)33-10-14-37(15-11-33)45(47)39-4-3-5-40(30-39)46(48)38-16-12-34(13-17-38)36-20-28-44(29-21-36)54(51,52)42-24-8-32(2)9-25-42/h3-30H,1-2H3. The quantitative estimate of drug-likeness (QED) is 0.129. The average Bonchev–Trinajstić information content (AvgIpc) is 3.21. The molecule has 6 nitrogen and oxygen atoms in total. The highest BCUT2D eigenvalue weighted by molar-refractivity contribution is 7.91. The van der Waals surface area contributed by atoms with Crippen molar-refractivity contribution in [2.24, 2.45) is 0 Å². The third kappa shape index (κ3) is 7.35. The molecule has 0 aliphatic carbocycles. The molecule has 0 fully saturated rings. The van der Waals surface area contributed by atoms with Gasteiger partial charge in [0.2, 0.25) is 19.7 Å². The number of benzene rings is 7. The van der Waals surface area contributed by atoms with Crippen LogP contribution in [0.5, 0.6) is 0 Å². The molecule has 0 bridgehead atoms. The molecule has 0 aromatic heterocycles. The maximum atomic E-state index is 13.5. The van der Waals surface area contributed by atoms with E-state index in [1.165, 1.54) is 0 Å². The predicted molar refractivity (Wildman–Crippen MR) is 210 cm³/mol. The summed E-state index contributed by atoms with van der Waals surface area (Å²) in [4.78, 5) is 27.8. The minimum absolute atomic E-state index is 0.200. The normalized spacial score (nSPS) is 11.6. The molecule has 0 heterocycles. The average molecular weight is 747 g/mol. The molecule has 7 rings (SSSR count). The van der Waals surface area contributed by atoms with Gasteiger partial charge in [-0.3, -0.25) is 9.59 Å². The first-order chi connectivity index (χ1) is 25.9. The maximum Gasteiger partial charge on any atom is 0.206 e. The fourth-order valence-electron chi connectivity index (χ4n) is 6.12. The minimum Gasteiger partial charge on any atom is -0.289 e. The van der Waals surface area contributed by atoms with E-state index in [-0.39, 0.29) is 31.1 Å². The van der Waals surface area contributed by atoms with Gasteiger partial charge in [-0.25, -0.2) is 16.8 Å². The number of carbonyl (C=O) groups excluding carboxylic acids is 2. The lowest BCUT2D eigenvalue weighted by atomic mass is 9.95. The van der Waals surface area contributed by atoms with Gasteiger partial charge in [0.15, 0.2) is 11.6 Å². The van der Waals surface area contributed by atoms with Gasteiger partial charge in [0.1, 0.15) is 0 Å². The largest absolute Gasteiger partial charge is 0.289 e. The Kier molecular flexibility index (Phi) is 9.81. The van der Waals surface area contributed by atoms with Gasteiger partial charge in [0.25, 0.3) is 0 Å². The molecule has 0 aliphatic heterocycles. The lowest BCUT2D eigenvalue weighted by Crippen LogP contribution is -2.06. The number of hydrogen-bond acceptors (Lipinski definition) is 6. The van der Waals surface area contributed by atoms with Gasteiger partial charge < -0.3 is 0 Å². The first kappa shape index (κ1) is 36.2. The van der Waals surface area contributed by atoms with E-state index in [2.05, 4.69) is 0 Å². The third-order valence-corrected chi connectivity index (χ3v) is 12.9. The van der Waals surface area contributed by atoms with Gasteiger partial charge >= 0.3 is 0 Å². The lowest BCUT2D eigenvalue weighted by molar-refractivity contribution is 0.103. The van der Waals surface area contributed by atoms with E-state index in [1.807, 2.05) is 38.1 Å². The van der Waals surface area contributed by atoms with Gasteiger partial charge in [-0.2, -0.15) is 0 Å². The van der Waals surface area contributed by atoms with Crippen LogP contribution in [0.2, 0.25) is 0 Å². The molecule has 0 atom stereocenters. The van der Waals surface area contributed by atoms with Crippen LogP contribution in [0.4, 0.5) is 0 Å². The van der Waals surface area contributed by atoms with E-state index in [9.17, 15) is 26.4 Å². The van der Waals surface area contributed by atoms with Gasteiger partial charge in [0.05, 0.1) is 19.6 Å². The minimum atomic E-state index is -3.64. The molecule has 0 aliphatic rings. The highest BCUT2D eigenvalue weighted by Gasteiger charge is 2.19. The van der Waals surface area contributed by atoms with Crippen LogP contribution < -0.4 is 0 Å². The van der Waals surface area contributed by atoms with Crippen molar-refractivity contribution in [3.8, 4) is 22.3 Å². The topological polar surface area (TPSA) is 102 Å². The van der Waals surface area contributed by atoms with Crippen molar-refractivity contribution in [1.82, 2.24) is 0 Å². The molecule has 0 radical (unpaired) electrons. The summed E-state index contributed by atoms with van der Waals surface area (Å²) in [6.07, 6.45) is 0. The van der Waals surface area contributed by atoms with E-state index in [4.69, 9.17) is 0 Å². The van der Waals surface area contributed by atoms with Crippen molar-refractivity contribution in [2.45, 2.75) is 33.4 Å². The summed E-state index contributed by atoms with van der Waals surface area (Å²) >= 11 is 0. The zero-order chi connectivity index (χ0) is 38.0. The Balaban J connectivity index is 1.02. The van der Waals surface area contributed by atoms with Gasteiger partial charge in [0, 0.05) is 22.3 Å². The number of rotatable bonds is 10. The summed E-state index contributed by atoms with van der Waals surface area (Å²) in [7, 11) is -7.29. The number of hydrogen-bond donors (Lipinski definition) is 0. The maximum absolute atomic E-state index is 13.5. The molecule has 0 amide bonds. The second kappa shape index (κ2) is 14.7. The van der Waals surface area contributed by atoms with Crippen molar-refractivity contribution >= 4 is 31.2 Å². The van der Waals surface area contributed by atoms with Crippen LogP contribution in [0.15, 0.2) is 189 Å². The predicted octanol–water partition coefficient (Wildman–Crippen LogP) is 9.77. The molecule has 0 spiro atoms. The van der Waals surface area contributed by atoms with Gasteiger partial charge in [-0.15, -0.1) is 0 Å². The zero-order valence-electron chi connectivity index (χ0n) is 29.4. The third-order valence-electron chi connectivity index (χ3n) is 9.34. The smallest absolute Gasteiger partial charge is 0.206 e. The summed E-state index contributed by atoms with van der Waals surface area (Å²) < 4.78 is 52.3. The summed E-state index contributed by atoms with van der Waals surface area (Å²) in [6, 6.07) is 47.5. The summed E-state index contributed by atoms with van der Waals surface area (Å²) in [6.45, 7) is 3.81. The molecule has 0 N–H and O–H groups in total. The number of ketones is 2. The first-order valence-corrected chi connectivity index (χ1v) is 20.1. The van der Waals surface area contributed by atoms with Gasteiger partial charge in [-0.1, -0.05) is 126 Å². The number of carbonyl (C=O) groups is 2. The molecule has 7 aromatic rings. The van der Waals surface area contributed by atoms with E-state index < -0.39 is 19.7 Å². The van der Waals surface area contributed by atoms with Gasteiger partial charge in [-0.05, 0) is 90.7 Å². The molecule has 266 valence electrons. The Morgan fingerprint density at radius 1 is 0.333 bits per heavy atom. The number of sulfone groups is 2. The van der Waals surface area contributed by atoms with E-state index >= 15 is 0 Å². The Morgan fingerprint density at radius 3 is 0.889 bits per heavy atom. The monoisotopic (exact) mass is 746 g/mol. The van der Waals surface area contributed by atoms with Crippen LogP contribution in [0.1, 0.15) is 43.0 Å².